The van der Waals surface area contributed by atoms with Gasteiger partial charge in [-0.15, -0.1) is 0 Å². The van der Waals surface area contributed by atoms with Crippen molar-refractivity contribution in [3.8, 4) is 5.75 Å². The third kappa shape index (κ3) is 1.41. The molecule has 2 heteroatoms. The van der Waals surface area contributed by atoms with E-state index in [9.17, 15) is 5.11 Å². The second kappa shape index (κ2) is 3.52. The lowest BCUT2D eigenvalue weighted by molar-refractivity contribution is 0.466. The van der Waals surface area contributed by atoms with Crippen LogP contribution in [0.1, 0.15) is 25.3 Å². The fraction of sp³-hybridized carbons (Fsp3) is 0.200. The fourth-order valence-electron chi connectivity index (χ4n) is 2.42. The Morgan fingerprint density at radius 1 is 1.00 bits per heavy atom. The van der Waals surface area contributed by atoms with Gasteiger partial charge in [0.2, 0.25) is 0 Å². The van der Waals surface area contributed by atoms with Crippen molar-refractivity contribution in [2.24, 2.45) is 0 Å². The summed E-state index contributed by atoms with van der Waals surface area (Å²) in [5, 5.41) is 12.1. The van der Waals surface area contributed by atoms with Gasteiger partial charge in [0.05, 0.1) is 0 Å². The molecule has 2 aromatic carbocycles. The monoisotopic (exact) mass is 226 g/mol. The lowest BCUT2D eigenvalue weighted by atomic mass is 9.96. The molecule has 0 amide bonds. The number of para-hydroxylation sites is 1. The van der Waals surface area contributed by atoms with Crippen LogP contribution in [0.5, 0.6) is 5.75 Å². The predicted molar refractivity (Wildman–Crippen MR) is 69.5 cm³/mol. The van der Waals surface area contributed by atoms with Crippen LogP contribution in [0.2, 0.25) is 0 Å². The van der Waals surface area contributed by atoms with Crippen molar-refractivity contribution in [1.82, 2.24) is 0 Å². The van der Waals surface area contributed by atoms with E-state index in [1.165, 1.54) is 0 Å². The molecule has 0 atom stereocenters. The second-order valence-corrected chi connectivity index (χ2v) is 4.62. The molecule has 86 valence electrons. The number of hydrogen-bond donors (Lipinski definition) is 1. The van der Waals surface area contributed by atoms with Crippen LogP contribution in [0.15, 0.2) is 40.8 Å². The summed E-state index contributed by atoms with van der Waals surface area (Å²) in [5.41, 5.74) is 2.68. The number of hydrogen-bond acceptors (Lipinski definition) is 2. The Hall–Kier alpha value is -1.96. The molecule has 17 heavy (non-hydrogen) atoms. The molecule has 0 aliphatic heterocycles. The van der Waals surface area contributed by atoms with E-state index in [1.54, 1.807) is 6.07 Å². The fourth-order valence-corrected chi connectivity index (χ4v) is 2.42. The first kappa shape index (κ1) is 10.2. The SMILES string of the molecule is CC(C)c1c(O)ccc2oc3ccccc3c12. The maximum Gasteiger partial charge on any atom is 0.135 e. The molecule has 3 rings (SSSR count). The molecule has 0 unspecified atom stereocenters. The summed E-state index contributed by atoms with van der Waals surface area (Å²) in [6, 6.07) is 11.5. The Kier molecular flexibility index (Phi) is 2.11. The van der Waals surface area contributed by atoms with Crippen LogP contribution < -0.4 is 0 Å². The summed E-state index contributed by atoms with van der Waals surface area (Å²) in [7, 11) is 0. The minimum atomic E-state index is 0.264. The Bertz CT molecular complexity index is 693. The molecular weight excluding hydrogens is 212 g/mol. The molecule has 0 bridgehead atoms. The van der Waals surface area contributed by atoms with Crippen LogP contribution in [0.4, 0.5) is 0 Å². The topological polar surface area (TPSA) is 33.4 Å². The number of phenols is 1. The number of rotatable bonds is 1. The van der Waals surface area contributed by atoms with Crippen molar-refractivity contribution in [1.29, 1.82) is 0 Å². The summed E-state index contributed by atoms with van der Waals surface area (Å²) < 4.78 is 5.79. The molecule has 0 radical (unpaired) electrons. The van der Waals surface area contributed by atoms with Crippen LogP contribution in [0.3, 0.4) is 0 Å². The zero-order valence-electron chi connectivity index (χ0n) is 9.90. The van der Waals surface area contributed by atoms with Gasteiger partial charge < -0.3 is 9.52 Å². The molecule has 0 aliphatic rings. The first-order valence-electron chi connectivity index (χ1n) is 5.81. The zero-order valence-corrected chi connectivity index (χ0v) is 9.90. The van der Waals surface area contributed by atoms with Crippen molar-refractivity contribution in [3.05, 3.63) is 42.0 Å². The van der Waals surface area contributed by atoms with Gasteiger partial charge in [-0.25, -0.2) is 0 Å². The summed E-state index contributed by atoms with van der Waals surface area (Å²) >= 11 is 0. The summed E-state index contributed by atoms with van der Waals surface area (Å²) in [6.07, 6.45) is 0. The first-order chi connectivity index (χ1) is 8.18. The smallest absolute Gasteiger partial charge is 0.135 e. The van der Waals surface area contributed by atoms with Crippen LogP contribution in [0.25, 0.3) is 21.9 Å². The summed E-state index contributed by atoms with van der Waals surface area (Å²) in [4.78, 5) is 0. The molecule has 0 spiro atoms. The minimum absolute atomic E-state index is 0.264. The Morgan fingerprint density at radius 2 is 1.76 bits per heavy atom. The Labute approximate surface area is 99.5 Å². The van der Waals surface area contributed by atoms with E-state index >= 15 is 0 Å². The van der Waals surface area contributed by atoms with Crippen molar-refractivity contribution in [2.75, 3.05) is 0 Å². The zero-order chi connectivity index (χ0) is 12.0. The highest BCUT2D eigenvalue weighted by molar-refractivity contribution is 6.07. The quantitative estimate of drug-likeness (QED) is 0.666. The average Bonchev–Trinajstić information content (AvgIpc) is 2.67. The maximum absolute atomic E-state index is 10.0. The standard InChI is InChI=1S/C15H14O2/c1-9(2)14-11(16)7-8-13-15(14)10-5-3-4-6-12(10)17-13/h3-9,16H,1-2H3. The van der Waals surface area contributed by atoms with E-state index in [1.807, 2.05) is 30.3 Å². The van der Waals surface area contributed by atoms with Crippen LogP contribution in [-0.4, -0.2) is 5.11 Å². The van der Waals surface area contributed by atoms with E-state index in [2.05, 4.69) is 13.8 Å². The van der Waals surface area contributed by atoms with Gasteiger partial charge in [0.25, 0.3) is 0 Å². The van der Waals surface area contributed by atoms with Gasteiger partial charge in [-0.05, 0) is 24.1 Å². The molecule has 3 aromatic rings. The molecule has 0 fully saturated rings. The molecule has 2 nitrogen and oxygen atoms in total. The van der Waals surface area contributed by atoms with Crippen LogP contribution in [-0.2, 0) is 0 Å². The number of fused-ring (bicyclic) bond motifs is 3. The van der Waals surface area contributed by atoms with Crippen molar-refractivity contribution in [3.63, 3.8) is 0 Å². The van der Waals surface area contributed by atoms with Gasteiger partial charge in [-0.2, -0.15) is 0 Å². The van der Waals surface area contributed by atoms with Crippen molar-refractivity contribution < 1.29 is 9.52 Å². The molecule has 0 saturated carbocycles. The molecule has 0 saturated heterocycles. The third-order valence-electron chi connectivity index (χ3n) is 3.14. The van der Waals surface area contributed by atoms with Gasteiger partial charge in [-0.1, -0.05) is 32.0 Å². The highest BCUT2D eigenvalue weighted by Crippen LogP contribution is 2.38. The highest BCUT2D eigenvalue weighted by atomic mass is 16.3. The molecule has 0 aliphatic carbocycles. The van der Waals surface area contributed by atoms with Gasteiger partial charge in [0.15, 0.2) is 0 Å². The van der Waals surface area contributed by atoms with Crippen LogP contribution >= 0.6 is 0 Å². The molecule has 1 heterocycles. The average molecular weight is 226 g/mol. The van der Waals surface area contributed by atoms with Crippen molar-refractivity contribution in [2.45, 2.75) is 19.8 Å². The van der Waals surface area contributed by atoms with Gasteiger partial charge in [-0.3, -0.25) is 0 Å². The Morgan fingerprint density at radius 3 is 2.53 bits per heavy atom. The van der Waals surface area contributed by atoms with E-state index in [0.29, 0.717) is 5.75 Å². The third-order valence-corrected chi connectivity index (χ3v) is 3.14. The van der Waals surface area contributed by atoms with E-state index in [-0.39, 0.29) is 5.92 Å². The number of phenolic OH excluding ortho intramolecular Hbond substituents is 1. The number of benzene rings is 2. The molecular formula is C15H14O2. The van der Waals surface area contributed by atoms with E-state index in [4.69, 9.17) is 4.42 Å². The highest BCUT2D eigenvalue weighted by Gasteiger charge is 2.16. The van der Waals surface area contributed by atoms with E-state index in [0.717, 1.165) is 27.5 Å². The summed E-state index contributed by atoms with van der Waals surface area (Å²) in [5.74, 6) is 0.610. The lowest BCUT2D eigenvalue weighted by Gasteiger charge is -2.09. The van der Waals surface area contributed by atoms with Crippen LogP contribution in [0, 0.1) is 0 Å². The van der Waals surface area contributed by atoms with E-state index < -0.39 is 0 Å². The second-order valence-electron chi connectivity index (χ2n) is 4.62. The first-order valence-corrected chi connectivity index (χ1v) is 5.81. The Balaban J connectivity index is 2.56. The molecule has 1 aromatic heterocycles. The largest absolute Gasteiger partial charge is 0.508 e. The summed E-state index contributed by atoms with van der Waals surface area (Å²) in [6.45, 7) is 4.16. The minimum Gasteiger partial charge on any atom is -0.508 e. The lowest BCUT2D eigenvalue weighted by Crippen LogP contribution is -1.89. The van der Waals surface area contributed by atoms with Gasteiger partial charge in [0.1, 0.15) is 16.9 Å². The molecule has 1 N–H and O–H groups in total. The number of aromatic hydroxyl groups is 1. The maximum atomic E-state index is 10.0. The normalized spacial score (nSPS) is 11.7. The number of furan rings is 1. The van der Waals surface area contributed by atoms with Gasteiger partial charge in [0, 0.05) is 16.3 Å². The van der Waals surface area contributed by atoms with Crippen molar-refractivity contribution >= 4 is 21.9 Å². The predicted octanol–water partition coefficient (Wildman–Crippen LogP) is 4.42. The van der Waals surface area contributed by atoms with Gasteiger partial charge >= 0.3 is 0 Å².